The van der Waals surface area contributed by atoms with E-state index in [0.717, 1.165) is 40.9 Å². The zero-order chi connectivity index (χ0) is 24.6. The molecule has 2 N–H and O–H groups in total. The van der Waals surface area contributed by atoms with Crippen LogP contribution in [0.3, 0.4) is 0 Å². The average molecular weight is 489 g/mol. The van der Waals surface area contributed by atoms with Gasteiger partial charge < -0.3 is 20.2 Å². The van der Waals surface area contributed by atoms with Gasteiger partial charge in [-0.25, -0.2) is 15.0 Å². The third-order valence-electron chi connectivity index (χ3n) is 5.56. The predicted molar refractivity (Wildman–Crippen MR) is 141 cm³/mol. The molecule has 1 aliphatic rings. The summed E-state index contributed by atoms with van der Waals surface area (Å²) in [4.78, 5) is 31.0. The van der Waals surface area contributed by atoms with Crippen LogP contribution in [0.15, 0.2) is 36.5 Å². The zero-order valence-electron chi connectivity index (χ0n) is 19.6. The van der Waals surface area contributed by atoms with Gasteiger partial charge in [0.15, 0.2) is 5.13 Å². The van der Waals surface area contributed by atoms with Gasteiger partial charge >= 0.3 is 0 Å². The molecule has 35 heavy (non-hydrogen) atoms. The quantitative estimate of drug-likeness (QED) is 0.360. The van der Waals surface area contributed by atoms with Gasteiger partial charge in [-0.15, -0.1) is 12.3 Å². The Kier molecular flexibility index (Phi) is 7.95. The topological polar surface area (TPSA) is 94.5 Å². The maximum atomic E-state index is 12.4. The monoisotopic (exact) mass is 488 g/mol. The van der Waals surface area contributed by atoms with Crippen LogP contribution in [0, 0.1) is 19.3 Å². The first kappa shape index (κ1) is 24.2. The van der Waals surface area contributed by atoms with Crippen LogP contribution in [-0.4, -0.2) is 57.0 Å². The lowest BCUT2D eigenvalue weighted by atomic mass is 10.2. The van der Waals surface area contributed by atoms with Crippen LogP contribution in [-0.2, 0) is 4.79 Å². The van der Waals surface area contributed by atoms with Crippen LogP contribution in [0.1, 0.15) is 35.5 Å². The number of carbonyl (C=O) groups excluding carboxylic acids is 1. The number of aromatic nitrogens is 3. The molecule has 0 aliphatic carbocycles. The van der Waals surface area contributed by atoms with E-state index < -0.39 is 0 Å². The number of thiazole rings is 1. The molecule has 1 amide bonds. The van der Waals surface area contributed by atoms with Crippen molar-refractivity contribution in [3.8, 4) is 18.1 Å². The first-order valence-electron chi connectivity index (χ1n) is 11.5. The molecule has 0 unspecified atom stereocenters. The average Bonchev–Trinajstić information content (AvgIpc) is 3.30. The summed E-state index contributed by atoms with van der Waals surface area (Å²) in [6.45, 7) is 4.64. The molecule has 1 aromatic carbocycles. The number of carbonyl (C=O) groups is 1. The Labute approximate surface area is 209 Å². The van der Waals surface area contributed by atoms with Crippen molar-refractivity contribution in [2.45, 2.75) is 26.2 Å². The van der Waals surface area contributed by atoms with Crippen LogP contribution in [0.5, 0.6) is 5.75 Å². The largest absolute Gasteiger partial charge is 0.508 e. The number of aryl methyl sites for hydroxylation is 1. The normalized spacial score (nSPS) is 13.7. The molecule has 0 atom stereocenters. The highest BCUT2D eigenvalue weighted by Gasteiger charge is 2.22. The maximum absolute atomic E-state index is 12.4. The maximum Gasteiger partial charge on any atom is 0.222 e. The summed E-state index contributed by atoms with van der Waals surface area (Å²) in [5, 5.41) is 13.6. The highest BCUT2D eigenvalue weighted by atomic mass is 32.1. The van der Waals surface area contributed by atoms with Crippen LogP contribution >= 0.6 is 11.3 Å². The molecule has 3 heterocycles. The second-order valence-corrected chi connectivity index (χ2v) is 9.27. The highest BCUT2D eigenvalue weighted by Crippen LogP contribution is 2.26. The summed E-state index contributed by atoms with van der Waals surface area (Å²) in [5.74, 6) is 5.16. The second kappa shape index (κ2) is 11.5. The minimum Gasteiger partial charge on any atom is -0.508 e. The fourth-order valence-electron chi connectivity index (χ4n) is 3.80. The molecule has 1 fully saturated rings. The molecule has 2 aromatic heterocycles. The van der Waals surface area contributed by atoms with Crippen LogP contribution in [0.4, 0.5) is 16.8 Å². The van der Waals surface area contributed by atoms with Gasteiger partial charge in [0.05, 0.1) is 0 Å². The number of anilines is 3. The minimum atomic E-state index is 0.166. The van der Waals surface area contributed by atoms with Crippen LogP contribution in [0.25, 0.3) is 12.2 Å². The van der Waals surface area contributed by atoms with Gasteiger partial charge in [0.25, 0.3) is 0 Å². The summed E-state index contributed by atoms with van der Waals surface area (Å²) in [6, 6.07) is 9.00. The minimum absolute atomic E-state index is 0.166. The second-order valence-electron chi connectivity index (χ2n) is 8.21. The Morgan fingerprint density at radius 3 is 2.83 bits per heavy atom. The number of nitrogens with one attached hydrogen (secondary N) is 1. The van der Waals surface area contributed by atoms with Gasteiger partial charge in [0.1, 0.15) is 23.2 Å². The molecule has 8 nitrogen and oxygen atoms in total. The van der Waals surface area contributed by atoms with Gasteiger partial charge in [-0.1, -0.05) is 29.5 Å². The first-order chi connectivity index (χ1) is 17.0. The van der Waals surface area contributed by atoms with E-state index in [4.69, 9.17) is 6.42 Å². The molecule has 0 bridgehead atoms. The standard InChI is InChI=1S/C26H28N6O2S/c1-3-4-5-9-25(34)32-14-12-31(13-15-32)24-17-23(28-19(2)29-24)30-26-27-18-22(35-26)11-10-20-7-6-8-21(33)16-20/h1,6-8,10-11,16-18,33H,4-5,9,12-15H2,2H3,(H,27,28,29,30)/b11-10+. The number of terminal acetylenes is 1. The third-order valence-corrected chi connectivity index (χ3v) is 6.44. The van der Waals surface area contributed by atoms with Crippen molar-refractivity contribution in [3.05, 3.63) is 52.8 Å². The summed E-state index contributed by atoms with van der Waals surface area (Å²) in [6.07, 6.45) is 12.8. The highest BCUT2D eigenvalue weighted by molar-refractivity contribution is 7.16. The van der Waals surface area contributed by atoms with E-state index in [1.807, 2.05) is 42.2 Å². The van der Waals surface area contributed by atoms with Crippen molar-refractivity contribution in [2.24, 2.45) is 0 Å². The number of piperazine rings is 1. The number of aromatic hydroxyl groups is 1. The summed E-state index contributed by atoms with van der Waals surface area (Å²) in [7, 11) is 0. The number of phenols is 1. The van der Waals surface area contributed by atoms with Crippen LogP contribution in [0.2, 0.25) is 0 Å². The molecule has 9 heteroatoms. The number of rotatable bonds is 8. The summed E-state index contributed by atoms with van der Waals surface area (Å²) >= 11 is 1.51. The number of amides is 1. The molecule has 0 saturated carbocycles. The van der Waals surface area contributed by atoms with Gasteiger partial charge in [-0.05, 0) is 37.1 Å². The fraction of sp³-hybridized carbons (Fsp3) is 0.308. The first-order valence-corrected chi connectivity index (χ1v) is 12.3. The molecule has 1 saturated heterocycles. The van der Waals surface area contributed by atoms with Crippen molar-refractivity contribution in [1.29, 1.82) is 0 Å². The van der Waals surface area contributed by atoms with Crippen LogP contribution < -0.4 is 10.2 Å². The number of nitrogens with zero attached hydrogens (tertiary/aromatic N) is 5. The van der Waals surface area contributed by atoms with Crippen molar-refractivity contribution >= 4 is 46.2 Å². The van der Waals surface area contributed by atoms with E-state index in [2.05, 4.69) is 31.1 Å². The van der Waals surface area contributed by atoms with Gasteiger partial charge in [0, 0.05) is 56.2 Å². The van der Waals surface area contributed by atoms with Gasteiger partial charge in [0.2, 0.25) is 5.91 Å². The van der Waals surface area contributed by atoms with E-state index in [1.165, 1.54) is 11.3 Å². The smallest absolute Gasteiger partial charge is 0.222 e. The molecular formula is C26H28N6O2S. The Bertz CT molecular complexity index is 1240. The van der Waals surface area contributed by atoms with E-state index in [-0.39, 0.29) is 11.7 Å². The van der Waals surface area contributed by atoms with Crippen molar-refractivity contribution in [2.75, 3.05) is 36.4 Å². The number of unbranched alkanes of at least 4 members (excludes halogenated alkanes) is 1. The van der Waals surface area contributed by atoms with Crippen molar-refractivity contribution < 1.29 is 9.90 Å². The molecule has 180 valence electrons. The lowest BCUT2D eigenvalue weighted by Crippen LogP contribution is -2.49. The van der Waals surface area contributed by atoms with Crippen molar-refractivity contribution in [1.82, 2.24) is 19.9 Å². The van der Waals surface area contributed by atoms with Crippen molar-refractivity contribution in [3.63, 3.8) is 0 Å². The summed E-state index contributed by atoms with van der Waals surface area (Å²) in [5.41, 5.74) is 0.915. The molecular weight excluding hydrogens is 460 g/mol. The Balaban J connectivity index is 1.36. The van der Waals surface area contributed by atoms with E-state index in [0.29, 0.717) is 37.6 Å². The number of phenolic OH excluding ortho intramolecular Hbond substituents is 1. The lowest BCUT2D eigenvalue weighted by Gasteiger charge is -2.35. The third kappa shape index (κ3) is 6.80. The fourth-order valence-corrected chi connectivity index (χ4v) is 4.53. The summed E-state index contributed by atoms with van der Waals surface area (Å²) < 4.78 is 0. The molecule has 0 radical (unpaired) electrons. The number of hydrogen-bond donors (Lipinski definition) is 2. The predicted octanol–water partition coefficient (Wildman–Crippen LogP) is 4.31. The number of hydrogen-bond acceptors (Lipinski definition) is 8. The SMILES string of the molecule is C#CCCCC(=O)N1CCN(c2cc(Nc3ncc(/C=C/c4cccc(O)c4)s3)nc(C)n2)CC1. The van der Waals surface area contributed by atoms with E-state index >= 15 is 0 Å². The lowest BCUT2D eigenvalue weighted by molar-refractivity contribution is -0.131. The Hall–Kier alpha value is -3.90. The van der Waals surface area contributed by atoms with Gasteiger partial charge in [-0.3, -0.25) is 4.79 Å². The Morgan fingerprint density at radius 1 is 1.23 bits per heavy atom. The number of benzene rings is 1. The van der Waals surface area contributed by atoms with E-state index in [9.17, 15) is 9.90 Å². The van der Waals surface area contributed by atoms with E-state index in [1.54, 1.807) is 18.3 Å². The molecule has 4 rings (SSSR count). The molecule has 0 spiro atoms. The zero-order valence-corrected chi connectivity index (χ0v) is 20.5. The molecule has 3 aromatic rings. The Morgan fingerprint density at radius 2 is 2.06 bits per heavy atom. The van der Waals surface area contributed by atoms with Gasteiger partial charge in [-0.2, -0.15) is 0 Å². The molecule has 1 aliphatic heterocycles.